The van der Waals surface area contributed by atoms with Crippen molar-refractivity contribution in [1.82, 2.24) is 4.98 Å². The standard InChI is InChI=1S/C23H18N4O4S/c1-14-6-8-15(9-7-14)23(28)19-11-10-16(13-25-19)26-27-20-12-21(32(29,30)31)17-4-2-3-5-18(17)22(20)24/h2-13H,24H2,1H3,(H,29,30,31). The highest BCUT2D eigenvalue weighted by Gasteiger charge is 2.18. The van der Waals surface area contributed by atoms with Crippen molar-refractivity contribution in [2.75, 3.05) is 5.73 Å². The van der Waals surface area contributed by atoms with E-state index in [-0.39, 0.29) is 33.1 Å². The van der Waals surface area contributed by atoms with Crippen molar-refractivity contribution in [3.05, 3.63) is 89.7 Å². The summed E-state index contributed by atoms with van der Waals surface area (Å²) in [7, 11) is -4.50. The van der Waals surface area contributed by atoms with Gasteiger partial charge in [-0.3, -0.25) is 14.3 Å². The Morgan fingerprint density at radius 1 is 0.969 bits per heavy atom. The average Bonchev–Trinajstić information content (AvgIpc) is 2.78. The Kier molecular flexibility index (Phi) is 5.52. The smallest absolute Gasteiger partial charge is 0.295 e. The number of azo groups is 1. The molecule has 8 nitrogen and oxygen atoms in total. The third kappa shape index (κ3) is 4.25. The predicted molar refractivity (Wildman–Crippen MR) is 121 cm³/mol. The van der Waals surface area contributed by atoms with Gasteiger partial charge in [0.15, 0.2) is 0 Å². The van der Waals surface area contributed by atoms with E-state index >= 15 is 0 Å². The lowest BCUT2D eigenvalue weighted by atomic mass is 10.1. The zero-order chi connectivity index (χ0) is 22.9. The van der Waals surface area contributed by atoms with Gasteiger partial charge in [-0.15, -0.1) is 10.2 Å². The van der Waals surface area contributed by atoms with Crippen LogP contribution in [0, 0.1) is 6.92 Å². The summed E-state index contributed by atoms with van der Waals surface area (Å²) >= 11 is 0. The Balaban J connectivity index is 1.65. The van der Waals surface area contributed by atoms with Gasteiger partial charge < -0.3 is 5.73 Å². The van der Waals surface area contributed by atoms with Gasteiger partial charge in [0.2, 0.25) is 5.78 Å². The Morgan fingerprint density at radius 3 is 2.28 bits per heavy atom. The third-order valence-electron chi connectivity index (χ3n) is 4.87. The van der Waals surface area contributed by atoms with E-state index in [0.29, 0.717) is 16.6 Å². The highest BCUT2D eigenvalue weighted by Crippen LogP contribution is 2.36. The van der Waals surface area contributed by atoms with Crippen molar-refractivity contribution < 1.29 is 17.8 Å². The van der Waals surface area contributed by atoms with Crippen molar-refractivity contribution >= 4 is 43.7 Å². The van der Waals surface area contributed by atoms with Gasteiger partial charge in [0.25, 0.3) is 10.1 Å². The summed E-state index contributed by atoms with van der Waals surface area (Å²) in [5, 5.41) is 8.80. The number of nitrogens with zero attached hydrogens (tertiary/aromatic N) is 3. The van der Waals surface area contributed by atoms with Crippen LogP contribution in [0.15, 0.2) is 88.1 Å². The average molecular weight is 446 g/mol. The molecule has 0 radical (unpaired) electrons. The molecular weight excluding hydrogens is 428 g/mol. The molecule has 0 aliphatic rings. The number of carbonyl (C=O) groups excluding carboxylic acids is 1. The topological polar surface area (TPSA) is 135 Å². The summed E-state index contributed by atoms with van der Waals surface area (Å²) < 4.78 is 33.2. The number of fused-ring (bicyclic) bond motifs is 1. The number of aromatic nitrogens is 1. The normalized spacial score (nSPS) is 11.8. The summed E-state index contributed by atoms with van der Waals surface area (Å²) in [6.45, 7) is 1.94. The molecule has 4 aromatic rings. The number of carbonyl (C=O) groups is 1. The Labute approximate surface area is 184 Å². The van der Waals surface area contributed by atoms with E-state index in [1.165, 1.54) is 18.3 Å². The van der Waals surface area contributed by atoms with Crippen molar-refractivity contribution in [3.63, 3.8) is 0 Å². The van der Waals surface area contributed by atoms with Crippen LogP contribution in [0.25, 0.3) is 10.8 Å². The van der Waals surface area contributed by atoms with Crippen LogP contribution >= 0.6 is 0 Å². The van der Waals surface area contributed by atoms with Crippen molar-refractivity contribution in [2.24, 2.45) is 10.2 Å². The van der Waals surface area contributed by atoms with Gasteiger partial charge in [-0.25, -0.2) is 0 Å². The third-order valence-corrected chi connectivity index (χ3v) is 5.77. The number of hydrogen-bond acceptors (Lipinski definition) is 7. The number of aryl methyl sites for hydroxylation is 1. The molecule has 32 heavy (non-hydrogen) atoms. The van der Waals surface area contributed by atoms with Crippen molar-refractivity contribution in [2.45, 2.75) is 11.8 Å². The fourth-order valence-corrected chi connectivity index (χ4v) is 3.91. The van der Waals surface area contributed by atoms with Gasteiger partial charge in [0.05, 0.1) is 11.9 Å². The molecular formula is C23H18N4O4S. The first-order valence-corrected chi connectivity index (χ1v) is 11.0. The maximum atomic E-state index is 12.5. The van der Waals surface area contributed by atoms with Crippen LogP contribution in [-0.2, 0) is 10.1 Å². The molecule has 0 bridgehead atoms. The second-order valence-corrected chi connectivity index (χ2v) is 8.51. The van der Waals surface area contributed by atoms with Crippen LogP contribution in [0.3, 0.4) is 0 Å². The number of rotatable bonds is 5. The minimum Gasteiger partial charge on any atom is -0.396 e. The summed E-state index contributed by atoms with van der Waals surface area (Å²) in [6, 6.07) is 18.0. The number of anilines is 1. The minimum atomic E-state index is -4.50. The molecule has 0 saturated carbocycles. The molecule has 0 atom stereocenters. The SMILES string of the molecule is Cc1ccc(C(=O)c2ccc(N=Nc3cc(S(=O)(=O)O)c4ccccc4c3N)cn2)cc1. The zero-order valence-corrected chi connectivity index (χ0v) is 17.7. The molecule has 0 spiro atoms. The van der Waals surface area contributed by atoms with Gasteiger partial charge in [-0.05, 0) is 25.1 Å². The lowest BCUT2D eigenvalue weighted by Gasteiger charge is -2.09. The van der Waals surface area contributed by atoms with E-state index in [1.807, 2.05) is 19.1 Å². The van der Waals surface area contributed by atoms with Gasteiger partial charge in [-0.2, -0.15) is 8.42 Å². The fourth-order valence-electron chi connectivity index (χ4n) is 3.19. The molecule has 0 aliphatic carbocycles. The lowest BCUT2D eigenvalue weighted by molar-refractivity contribution is 0.103. The summed E-state index contributed by atoms with van der Waals surface area (Å²) in [5.41, 5.74) is 8.62. The number of nitrogen functional groups attached to an aromatic ring is 1. The van der Waals surface area contributed by atoms with Crippen LogP contribution in [0.4, 0.5) is 17.1 Å². The van der Waals surface area contributed by atoms with Crippen LogP contribution < -0.4 is 5.73 Å². The minimum absolute atomic E-state index is 0.0798. The molecule has 3 aromatic carbocycles. The molecule has 3 N–H and O–H groups in total. The first kappa shape index (κ1) is 21.3. The molecule has 1 heterocycles. The van der Waals surface area contributed by atoms with Crippen LogP contribution in [0.2, 0.25) is 0 Å². The maximum Gasteiger partial charge on any atom is 0.295 e. The van der Waals surface area contributed by atoms with Gasteiger partial charge in [0.1, 0.15) is 22.0 Å². The maximum absolute atomic E-state index is 12.5. The number of nitrogens with two attached hydrogens (primary N) is 1. The molecule has 1 aromatic heterocycles. The van der Waals surface area contributed by atoms with E-state index in [0.717, 1.165) is 5.56 Å². The van der Waals surface area contributed by atoms with Crippen molar-refractivity contribution in [3.8, 4) is 0 Å². The Morgan fingerprint density at radius 2 is 1.66 bits per heavy atom. The van der Waals surface area contributed by atoms with Gasteiger partial charge >= 0.3 is 0 Å². The summed E-state index contributed by atoms with van der Waals surface area (Å²) in [4.78, 5) is 16.4. The molecule has 160 valence electrons. The summed E-state index contributed by atoms with van der Waals surface area (Å²) in [6.07, 6.45) is 1.38. The van der Waals surface area contributed by atoms with E-state index in [9.17, 15) is 17.8 Å². The first-order valence-electron chi connectivity index (χ1n) is 9.52. The predicted octanol–water partition coefficient (Wildman–Crippen LogP) is 5.02. The van der Waals surface area contributed by atoms with E-state index in [2.05, 4.69) is 15.2 Å². The molecule has 0 fully saturated rings. The van der Waals surface area contributed by atoms with E-state index < -0.39 is 10.1 Å². The second kappa shape index (κ2) is 8.29. The molecule has 9 heteroatoms. The second-order valence-electron chi connectivity index (χ2n) is 7.12. The highest BCUT2D eigenvalue weighted by molar-refractivity contribution is 7.86. The molecule has 4 rings (SSSR count). The number of benzene rings is 3. The monoisotopic (exact) mass is 446 g/mol. The van der Waals surface area contributed by atoms with E-state index in [4.69, 9.17) is 5.73 Å². The number of ketones is 1. The number of hydrogen-bond donors (Lipinski definition) is 2. The van der Waals surface area contributed by atoms with Crippen LogP contribution in [0.1, 0.15) is 21.6 Å². The van der Waals surface area contributed by atoms with Gasteiger partial charge in [0, 0.05) is 16.3 Å². The van der Waals surface area contributed by atoms with Crippen LogP contribution in [-0.4, -0.2) is 23.7 Å². The fraction of sp³-hybridized carbons (Fsp3) is 0.0435. The summed E-state index contributed by atoms with van der Waals surface area (Å²) in [5.74, 6) is -0.218. The van der Waals surface area contributed by atoms with Crippen LogP contribution in [0.5, 0.6) is 0 Å². The van der Waals surface area contributed by atoms with E-state index in [1.54, 1.807) is 42.5 Å². The zero-order valence-electron chi connectivity index (χ0n) is 16.9. The molecule has 0 amide bonds. The van der Waals surface area contributed by atoms with Crippen molar-refractivity contribution in [1.29, 1.82) is 0 Å². The quantitative estimate of drug-likeness (QED) is 0.191. The van der Waals surface area contributed by atoms with Gasteiger partial charge in [-0.1, -0.05) is 54.1 Å². The molecule has 0 aliphatic heterocycles. The molecule has 0 saturated heterocycles. The Hall–Kier alpha value is -3.95. The highest BCUT2D eigenvalue weighted by atomic mass is 32.2. The molecule has 0 unspecified atom stereocenters. The lowest BCUT2D eigenvalue weighted by Crippen LogP contribution is -2.03. The number of pyridine rings is 1. The first-order chi connectivity index (χ1) is 15.2. The largest absolute Gasteiger partial charge is 0.396 e. The Bertz CT molecular complexity index is 1460.